The number of aromatic hydroxyl groups is 1. The smallest absolute Gasteiger partial charge is 0.231 e. The van der Waals surface area contributed by atoms with Gasteiger partial charge in [0.05, 0.1) is 6.04 Å². The molecular formula is C19H21NO3. The standard InChI is InChI=1S/C19H21NO3/c21-16-12-18-17(22-13-23-18)11-15(16)19(14-7-3-1-4-8-14)20-9-5-2-6-10-20/h1,3-4,7-8,11-12,19,21H,2,5-6,9-10,13H2. The highest BCUT2D eigenvalue weighted by Crippen LogP contribution is 2.43. The maximum atomic E-state index is 10.6. The molecule has 2 aromatic rings. The molecule has 0 saturated carbocycles. The van der Waals surface area contributed by atoms with Crippen LogP contribution in [-0.4, -0.2) is 29.9 Å². The molecule has 1 unspecified atom stereocenters. The van der Waals surface area contributed by atoms with Crippen LogP contribution >= 0.6 is 0 Å². The van der Waals surface area contributed by atoms with Crippen molar-refractivity contribution in [3.05, 3.63) is 53.6 Å². The Kier molecular flexibility index (Phi) is 3.83. The van der Waals surface area contributed by atoms with E-state index in [4.69, 9.17) is 9.47 Å². The summed E-state index contributed by atoms with van der Waals surface area (Å²) in [5, 5.41) is 10.6. The monoisotopic (exact) mass is 311 g/mol. The minimum atomic E-state index is 0.0472. The molecule has 1 fully saturated rings. The van der Waals surface area contributed by atoms with Crippen molar-refractivity contribution < 1.29 is 14.6 Å². The molecule has 0 amide bonds. The fraction of sp³-hybridized carbons (Fsp3) is 0.368. The Morgan fingerprint density at radius 3 is 2.35 bits per heavy atom. The van der Waals surface area contributed by atoms with Crippen molar-refractivity contribution in [1.29, 1.82) is 0 Å². The number of likely N-dealkylation sites (tertiary alicyclic amines) is 1. The van der Waals surface area contributed by atoms with Crippen molar-refractivity contribution >= 4 is 0 Å². The normalized spacial score (nSPS) is 18.8. The summed E-state index contributed by atoms with van der Waals surface area (Å²) in [6.07, 6.45) is 3.69. The van der Waals surface area contributed by atoms with Gasteiger partial charge in [0.2, 0.25) is 6.79 Å². The van der Waals surface area contributed by atoms with Crippen LogP contribution in [0.1, 0.15) is 36.4 Å². The van der Waals surface area contributed by atoms with E-state index in [-0.39, 0.29) is 18.6 Å². The third-order valence-electron chi connectivity index (χ3n) is 4.69. The first-order valence-corrected chi connectivity index (χ1v) is 8.24. The fourth-order valence-electron chi connectivity index (χ4n) is 3.56. The predicted molar refractivity (Wildman–Crippen MR) is 87.9 cm³/mol. The molecular weight excluding hydrogens is 290 g/mol. The molecule has 2 aliphatic rings. The molecule has 1 atom stereocenters. The second kappa shape index (κ2) is 6.13. The number of phenols is 1. The molecule has 4 rings (SSSR count). The van der Waals surface area contributed by atoms with Crippen molar-refractivity contribution in [1.82, 2.24) is 4.90 Å². The highest BCUT2D eigenvalue weighted by molar-refractivity contribution is 5.54. The van der Waals surface area contributed by atoms with Crippen LogP contribution in [0.3, 0.4) is 0 Å². The van der Waals surface area contributed by atoms with E-state index in [1.165, 1.54) is 24.8 Å². The van der Waals surface area contributed by atoms with Gasteiger partial charge in [-0.1, -0.05) is 36.8 Å². The van der Waals surface area contributed by atoms with E-state index >= 15 is 0 Å². The SMILES string of the molecule is Oc1cc2c(cc1C(c1ccccc1)N1CCCCC1)OCO2. The second-order valence-corrected chi connectivity index (χ2v) is 6.17. The van der Waals surface area contributed by atoms with Gasteiger partial charge in [0.15, 0.2) is 11.5 Å². The zero-order valence-electron chi connectivity index (χ0n) is 13.1. The zero-order valence-corrected chi connectivity index (χ0v) is 13.1. The average Bonchev–Trinajstić information content (AvgIpc) is 3.04. The van der Waals surface area contributed by atoms with Crippen molar-refractivity contribution in [2.45, 2.75) is 25.3 Å². The first-order valence-electron chi connectivity index (χ1n) is 8.24. The van der Waals surface area contributed by atoms with Crippen LogP contribution in [0.5, 0.6) is 17.2 Å². The first-order chi connectivity index (χ1) is 11.3. The van der Waals surface area contributed by atoms with Gasteiger partial charge in [0, 0.05) is 11.6 Å². The number of fused-ring (bicyclic) bond motifs is 1. The Hall–Kier alpha value is -2.20. The quantitative estimate of drug-likeness (QED) is 0.938. The number of hydrogen-bond acceptors (Lipinski definition) is 4. The number of hydrogen-bond donors (Lipinski definition) is 1. The summed E-state index contributed by atoms with van der Waals surface area (Å²) in [6, 6.07) is 14.0. The van der Waals surface area contributed by atoms with Crippen LogP contribution in [0, 0.1) is 0 Å². The van der Waals surface area contributed by atoms with Gasteiger partial charge in [-0.3, -0.25) is 4.90 Å². The molecule has 1 saturated heterocycles. The predicted octanol–water partition coefficient (Wildman–Crippen LogP) is 3.70. The lowest BCUT2D eigenvalue weighted by molar-refractivity contribution is 0.173. The number of nitrogens with zero attached hydrogens (tertiary/aromatic N) is 1. The molecule has 0 aliphatic carbocycles. The highest BCUT2D eigenvalue weighted by Gasteiger charge is 2.28. The minimum absolute atomic E-state index is 0.0472. The molecule has 1 N–H and O–H groups in total. The van der Waals surface area contributed by atoms with Crippen molar-refractivity contribution in [3.8, 4) is 17.2 Å². The van der Waals surface area contributed by atoms with Gasteiger partial charge in [0.1, 0.15) is 5.75 Å². The van der Waals surface area contributed by atoms with Gasteiger partial charge < -0.3 is 14.6 Å². The van der Waals surface area contributed by atoms with E-state index in [1.54, 1.807) is 6.07 Å². The molecule has 0 spiro atoms. The van der Waals surface area contributed by atoms with E-state index in [1.807, 2.05) is 12.1 Å². The number of piperidine rings is 1. The molecule has 23 heavy (non-hydrogen) atoms. The molecule has 0 aromatic heterocycles. The van der Waals surface area contributed by atoms with E-state index in [2.05, 4.69) is 29.2 Å². The molecule has 2 heterocycles. The summed E-state index contributed by atoms with van der Waals surface area (Å²) in [5.74, 6) is 1.61. The summed E-state index contributed by atoms with van der Waals surface area (Å²) >= 11 is 0. The van der Waals surface area contributed by atoms with Gasteiger partial charge in [-0.25, -0.2) is 0 Å². The maximum absolute atomic E-state index is 10.6. The number of phenolic OH excluding ortho intramolecular Hbond substituents is 1. The maximum Gasteiger partial charge on any atom is 0.231 e. The Morgan fingerprint density at radius 2 is 1.61 bits per heavy atom. The van der Waals surface area contributed by atoms with Crippen LogP contribution in [-0.2, 0) is 0 Å². The molecule has 4 heteroatoms. The van der Waals surface area contributed by atoms with Crippen LogP contribution in [0.25, 0.3) is 0 Å². The van der Waals surface area contributed by atoms with E-state index in [9.17, 15) is 5.11 Å². The fourth-order valence-corrected chi connectivity index (χ4v) is 3.56. The van der Waals surface area contributed by atoms with Crippen LogP contribution in [0.2, 0.25) is 0 Å². The number of rotatable bonds is 3. The van der Waals surface area contributed by atoms with Crippen LogP contribution in [0.15, 0.2) is 42.5 Å². The van der Waals surface area contributed by atoms with Crippen LogP contribution < -0.4 is 9.47 Å². The van der Waals surface area contributed by atoms with Gasteiger partial charge in [-0.15, -0.1) is 0 Å². The second-order valence-electron chi connectivity index (χ2n) is 6.17. The Bertz CT molecular complexity index is 681. The molecule has 4 nitrogen and oxygen atoms in total. The van der Waals surface area contributed by atoms with Crippen molar-refractivity contribution in [2.75, 3.05) is 19.9 Å². The topological polar surface area (TPSA) is 41.9 Å². The van der Waals surface area contributed by atoms with Gasteiger partial charge in [0.25, 0.3) is 0 Å². The van der Waals surface area contributed by atoms with E-state index in [0.29, 0.717) is 5.75 Å². The Balaban J connectivity index is 1.79. The van der Waals surface area contributed by atoms with Gasteiger partial charge in [-0.2, -0.15) is 0 Å². The van der Waals surface area contributed by atoms with Gasteiger partial charge >= 0.3 is 0 Å². The summed E-state index contributed by atoms with van der Waals surface area (Å²) in [6.45, 7) is 2.32. The largest absolute Gasteiger partial charge is 0.507 e. The first kappa shape index (κ1) is 14.4. The lowest BCUT2D eigenvalue weighted by Crippen LogP contribution is -2.34. The Labute approximate surface area is 136 Å². The lowest BCUT2D eigenvalue weighted by Gasteiger charge is -2.35. The van der Waals surface area contributed by atoms with Crippen molar-refractivity contribution in [2.24, 2.45) is 0 Å². The Morgan fingerprint density at radius 1 is 0.913 bits per heavy atom. The molecule has 120 valence electrons. The van der Waals surface area contributed by atoms with E-state index in [0.717, 1.165) is 24.4 Å². The molecule has 0 radical (unpaired) electrons. The third kappa shape index (κ3) is 2.75. The number of benzene rings is 2. The summed E-state index contributed by atoms with van der Waals surface area (Å²) in [5.41, 5.74) is 2.09. The summed E-state index contributed by atoms with van der Waals surface area (Å²) in [7, 11) is 0. The number of ether oxygens (including phenoxy) is 2. The highest BCUT2D eigenvalue weighted by atomic mass is 16.7. The van der Waals surface area contributed by atoms with Gasteiger partial charge in [-0.05, 0) is 37.6 Å². The zero-order chi connectivity index (χ0) is 15.6. The lowest BCUT2D eigenvalue weighted by atomic mass is 9.94. The third-order valence-corrected chi connectivity index (χ3v) is 4.69. The van der Waals surface area contributed by atoms with E-state index < -0.39 is 0 Å². The van der Waals surface area contributed by atoms with Crippen molar-refractivity contribution in [3.63, 3.8) is 0 Å². The van der Waals surface area contributed by atoms with Crippen LogP contribution in [0.4, 0.5) is 0 Å². The molecule has 2 aliphatic heterocycles. The minimum Gasteiger partial charge on any atom is -0.507 e. The summed E-state index contributed by atoms with van der Waals surface area (Å²) < 4.78 is 10.9. The summed E-state index contributed by atoms with van der Waals surface area (Å²) in [4.78, 5) is 2.45. The molecule has 2 aromatic carbocycles. The average molecular weight is 311 g/mol. The molecule has 0 bridgehead atoms.